The van der Waals surface area contributed by atoms with Gasteiger partial charge in [-0.15, -0.1) is 0 Å². The van der Waals surface area contributed by atoms with Crippen LogP contribution >= 0.6 is 0 Å². The van der Waals surface area contributed by atoms with Gasteiger partial charge in [0.15, 0.2) is 11.6 Å². The van der Waals surface area contributed by atoms with Crippen LogP contribution in [0.5, 0.6) is 5.75 Å². The van der Waals surface area contributed by atoms with Gasteiger partial charge >= 0.3 is 6.09 Å². The van der Waals surface area contributed by atoms with E-state index in [0.29, 0.717) is 22.3 Å². The Hall–Kier alpha value is -4.46. The van der Waals surface area contributed by atoms with E-state index in [-0.39, 0.29) is 11.4 Å². The zero-order valence-corrected chi connectivity index (χ0v) is 17.5. The minimum absolute atomic E-state index is 0.202. The summed E-state index contributed by atoms with van der Waals surface area (Å²) in [6.07, 6.45) is 0.713. The topological polar surface area (TPSA) is 93.7 Å². The highest BCUT2D eigenvalue weighted by Gasteiger charge is 2.27. The quantitative estimate of drug-likeness (QED) is 0.489. The maximum atomic E-state index is 13.5. The average molecular weight is 428 g/mol. The Kier molecular flexibility index (Phi) is 5.94. The number of hydrazine groups is 1. The van der Waals surface area contributed by atoms with Crippen LogP contribution in [0.25, 0.3) is 22.2 Å². The summed E-state index contributed by atoms with van der Waals surface area (Å²) in [7, 11) is 2.70. The van der Waals surface area contributed by atoms with Crippen LogP contribution in [0.4, 0.5) is 10.6 Å². The molecule has 2 amide bonds. The number of pyridine rings is 2. The third-order valence-electron chi connectivity index (χ3n) is 4.78. The average Bonchev–Trinajstić information content (AvgIpc) is 2.86. The fraction of sp³-hybridized carbons (Fsp3) is 0.0833. The van der Waals surface area contributed by atoms with Crippen molar-refractivity contribution in [2.45, 2.75) is 0 Å². The van der Waals surface area contributed by atoms with Crippen molar-refractivity contribution in [1.29, 1.82) is 0 Å². The van der Waals surface area contributed by atoms with Crippen molar-refractivity contribution in [3.8, 4) is 17.0 Å². The van der Waals surface area contributed by atoms with Crippen molar-refractivity contribution in [1.82, 2.24) is 15.4 Å². The van der Waals surface area contributed by atoms with E-state index in [9.17, 15) is 9.59 Å². The zero-order valence-electron chi connectivity index (χ0n) is 17.5. The Bertz CT molecular complexity index is 1260. The number of carbonyl (C=O) groups excluding carboxylic acids is 2. The number of hydrogen-bond acceptors (Lipinski definition) is 6. The van der Waals surface area contributed by atoms with Crippen molar-refractivity contribution in [3.63, 3.8) is 0 Å². The van der Waals surface area contributed by atoms with E-state index in [0.717, 1.165) is 10.6 Å². The van der Waals surface area contributed by atoms with E-state index < -0.39 is 12.0 Å². The SMILES string of the molecule is COC(=O)N(NC(=O)c1c(OC)c(-c2ccccc2)nc2ccccc12)c1ccccn1. The van der Waals surface area contributed by atoms with Crippen LogP contribution in [-0.2, 0) is 4.74 Å². The van der Waals surface area contributed by atoms with Gasteiger partial charge in [0.05, 0.1) is 25.3 Å². The predicted molar refractivity (Wildman–Crippen MR) is 120 cm³/mol. The number of fused-ring (bicyclic) bond motifs is 1. The van der Waals surface area contributed by atoms with E-state index >= 15 is 0 Å². The molecule has 8 nitrogen and oxygen atoms in total. The van der Waals surface area contributed by atoms with Crippen molar-refractivity contribution in [3.05, 3.63) is 84.6 Å². The molecule has 0 spiro atoms. The fourth-order valence-corrected chi connectivity index (χ4v) is 3.34. The van der Waals surface area contributed by atoms with E-state index in [2.05, 4.69) is 10.4 Å². The van der Waals surface area contributed by atoms with Crippen LogP contribution in [0, 0.1) is 0 Å². The van der Waals surface area contributed by atoms with Gasteiger partial charge in [0.1, 0.15) is 5.69 Å². The van der Waals surface area contributed by atoms with E-state index in [1.54, 1.807) is 30.3 Å². The molecule has 0 atom stereocenters. The molecule has 8 heteroatoms. The van der Waals surface area contributed by atoms with Crippen molar-refractivity contribution in [2.24, 2.45) is 0 Å². The number of methoxy groups -OCH3 is 2. The Labute approximate surface area is 184 Å². The van der Waals surface area contributed by atoms with Gasteiger partial charge in [-0.1, -0.05) is 54.6 Å². The molecule has 0 saturated carbocycles. The summed E-state index contributed by atoms with van der Waals surface area (Å²) in [6, 6.07) is 21.6. The highest BCUT2D eigenvalue weighted by Crippen LogP contribution is 2.36. The van der Waals surface area contributed by atoms with Crippen LogP contribution in [0.1, 0.15) is 10.4 Å². The molecular weight excluding hydrogens is 408 g/mol. The smallest absolute Gasteiger partial charge is 0.434 e. The molecular formula is C24H20N4O4. The van der Waals surface area contributed by atoms with E-state index in [1.165, 1.54) is 20.4 Å². The minimum atomic E-state index is -0.794. The van der Waals surface area contributed by atoms with Crippen LogP contribution in [-0.4, -0.2) is 36.2 Å². The highest BCUT2D eigenvalue weighted by molar-refractivity contribution is 6.11. The number of rotatable bonds is 4. The Morgan fingerprint density at radius 1 is 0.906 bits per heavy atom. The van der Waals surface area contributed by atoms with Gasteiger partial charge in [-0.3, -0.25) is 10.2 Å². The number of hydrogen-bond donors (Lipinski definition) is 1. The second kappa shape index (κ2) is 9.13. The number of ether oxygens (including phenoxy) is 2. The Morgan fingerprint density at radius 2 is 1.62 bits per heavy atom. The highest BCUT2D eigenvalue weighted by atomic mass is 16.5. The first-order valence-corrected chi connectivity index (χ1v) is 9.76. The lowest BCUT2D eigenvalue weighted by Gasteiger charge is -2.22. The summed E-state index contributed by atoms with van der Waals surface area (Å²) in [6.45, 7) is 0. The summed E-state index contributed by atoms with van der Waals surface area (Å²) < 4.78 is 10.5. The Morgan fingerprint density at radius 3 is 2.31 bits per heavy atom. The van der Waals surface area contributed by atoms with Crippen molar-refractivity contribution < 1.29 is 19.1 Å². The molecule has 0 unspecified atom stereocenters. The first-order valence-electron chi connectivity index (χ1n) is 9.76. The van der Waals surface area contributed by atoms with Crippen molar-refractivity contribution in [2.75, 3.05) is 19.2 Å². The molecule has 0 aliphatic heterocycles. The number of nitrogens with zero attached hydrogens (tertiary/aromatic N) is 3. The van der Waals surface area contributed by atoms with Crippen LogP contribution in [0.3, 0.4) is 0 Å². The molecule has 0 bridgehead atoms. The second-order valence-corrected chi connectivity index (χ2v) is 6.69. The number of carbonyl (C=O) groups is 2. The van der Waals surface area contributed by atoms with E-state index in [1.807, 2.05) is 42.5 Å². The lowest BCUT2D eigenvalue weighted by atomic mass is 10.0. The Balaban J connectivity index is 1.87. The normalized spacial score (nSPS) is 10.4. The second-order valence-electron chi connectivity index (χ2n) is 6.69. The first-order chi connectivity index (χ1) is 15.6. The molecule has 0 saturated heterocycles. The molecule has 0 aliphatic carbocycles. The van der Waals surface area contributed by atoms with Gasteiger partial charge in [0.25, 0.3) is 5.91 Å². The molecule has 1 N–H and O–H groups in total. The minimum Gasteiger partial charge on any atom is -0.494 e. The van der Waals surface area contributed by atoms with Gasteiger partial charge in [0.2, 0.25) is 0 Å². The maximum Gasteiger partial charge on any atom is 0.434 e. The number of para-hydroxylation sites is 1. The lowest BCUT2D eigenvalue weighted by Crippen LogP contribution is -2.47. The largest absolute Gasteiger partial charge is 0.494 e. The van der Waals surface area contributed by atoms with Gasteiger partial charge in [-0.05, 0) is 18.2 Å². The lowest BCUT2D eigenvalue weighted by molar-refractivity contribution is 0.0939. The molecule has 0 fully saturated rings. The number of benzene rings is 2. The third kappa shape index (κ3) is 3.93. The van der Waals surface area contributed by atoms with Crippen LogP contribution in [0.2, 0.25) is 0 Å². The first kappa shape index (κ1) is 20.8. The molecule has 2 aromatic carbocycles. The zero-order chi connectivity index (χ0) is 22.5. The molecule has 4 rings (SSSR count). The van der Waals surface area contributed by atoms with Gasteiger partial charge in [-0.2, -0.15) is 5.01 Å². The van der Waals surface area contributed by atoms with Crippen LogP contribution < -0.4 is 15.2 Å². The summed E-state index contributed by atoms with van der Waals surface area (Å²) in [4.78, 5) is 34.8. The predicted octanol–water partition coefficient (Wildman–Crippen LogP) is 4.22. The number of amides is 2. The summed E-state index contributed by atoms with van der Waals surface area (Å²) in [5.41, 5.74) is 4.75. The standard InChI is InChI=1S/C24H20N4O4/c1-31-22-20(23(29)27-28(24(30)32-2)19-14-8-9-15-25-19)17-12-6-7-13-18(17)26-21(22)16-10-4-3-5-11-16/h3-15H,1-2H3,(H,27,29). The van der Waals surface area contributed by atoms with Gasteiger partial charge < -0.3 is 9.47 Å². The number of anilines is 1. The molecule has 32 heavy (non-hydrogen) atoms. The number of nitrogens with one attached hydrogen (secondary N) is 1. The summed E-state index contributed by atoms with van der Waals surface area (Å²) >= 11 is 0. The van der Waals surface area contributed by atoms with Gasteiger partial charge in [0, 0.05) is 17.1 Å². The third-order valence-corrected chi connectivity index (χ3v) is 4.78. The molecule has 2 aromatic heterocycles. The van der Waals surface area contributed by atoms with Crippen LogP contribution in [0.15, 0.2) is 79.0 Å². The van der Waals surface area contributed by atoms with Gasteiger partial charge in [-0.25, -0.2) is 14.8 Å². The van der Waals surface area contributed by atoms with Crippen molar-refractivity contribution >= 4 is 28.7 Å². The summed E-state index contributed by atoms with van der Waals surface area (Å²) in [5.74, 6) is -0.0831. The molecule has 0 radical (unpaired) electrons. The monoisotopic (exact) mass is 428 g/mol. The molecule has 4 aromatic rings. The molecule has 2 heterocycles. The molecule has 160 valence electrons. The molecule has 0 aliphatic rings. The fourth-order valence-electron chi connectivity index (χ4n) is 3.34. The number of aromatic nitrogens is 2. The van der Waals surface area contributed by atoms with E-state index in [4.69, 9.17) is 14.5 Å². The summed E-state index contributed by atoms with van der Waals surface area (Å²) in [5, 5.41) is 1.52. The maximum absolute atomic E-state index is 13.5.